The highest BCUT2D eigenvalue weighted by atomic mass is 79.9. The van der Waals surface area contributed by atoms with Crippen LogP contribution >= 0.6 is 28.1 Å². The number of hydrogen-bond donors (Lipinski definition) is 3. The number of nitrogens with one attached hydrogen (secondary N) is 3. The molecule has 0 atom stereocenters. The van der Waals surface area contributed by atoms with Crippen LogP contribution in [0, 0.1) is 13.8 Å². The van der Waals surface area contributed by atoms with E-state index in [-0.39, 0.29) is 4.90 Å². The molecule has 6 nitrogen and oxygen atoms in total. The van der Waals surface area contributed by atoms with Crippen molar-refractivity contribution < 1.29 is 13.2 Å². The van der Waals surface area contributed by atoms with Gasteiger partial charge in [-0.1, -0.05) is 34.1 Å². The number of rotatable bonds is 6. The third kappa shape index (κ3) is 5.75. The summed E-state index contributed by atoms with van der Waals surface area (Å²) in [4.78, 5) is 0.0754. The molecule has 0 aromatic heterocycles. The second-order valence-electron chi connectivity index (χ2n) is 6.82. The summed E-state index contributed by atoms with van der Waals surface area (Å²) in [6.07, 6.45) is 0. The molecule has 0 fully saturated rings. The molecule has 0 aliphatic rings. The van der Waals surface area contributed by atoms with Crippen LogP contribution in [0.5, 0.6) is 5.75 Å². The van der Waals surface area contributed by atoms with E-state index in [4.69, 9.17) is 17.0 Å². The molecule has 3 N–H and O–H groups in total. The first-order chi connectivity index (χ1) is 14.7. The van der Waals surface area contributed by atoms with Crippen LogP contribution in [-0.4, -0.2) is 20.6 Å². The Labute approximate surface area is 196 Å². The van der Waals surface area contributed by atoms with Gasteiger partial charge in [-0.15, -0.1) is 0 Å². The summed E-state index contributed by atoms with van der Waals surface area (Å²) in [5, 5.41) is 6.64. The van der Waals surface area contributed by atoms with Crippen molar-refractivity contribution in [2.75, 3.05) is 22.5 Å². The molecule has 0 bridgehead atoms. The molecule has 162 valence electrons. The number of benzene rings is 3. The fourth-order valence-electron chi connectivity index (χ4n) is 2.95. The lowest BCUT2D eigenvalue weighted by Crippen LogP contribution is -2.21. The number of halogens is 1. The molecule has 0 saturated carbocycles. The third-order valence-corrected chi connectivity index (χ3v) is 6.66. The number of sulfonamides is 1. The fraction of sp³-hybridized carbons (Fsp3) is 0.136. The van der Waals surface area contributed by atoms with Crippen LogP contribution < -0.4 is 20.1 Å². The third-order valence-electron chi connectivity index (χ3n) is 4.55. The van der Waals surface area contributed by atoms with Gasteiger partial charge < -0.3 is 15.4 Å². The van der Waals surface area contributed by atoms with Crippen LogP contribution in [0.25, 0.3) is 0 Å². The van der Waals surface area contributed by atoms with Crippen molar-refractivity contribution in [3.05, 3.63) is 76.3 Å². The van der Waals surface area contributed by atoms with Crippen molar-refractivity contribution in [2.45, 2.75) is 18.7 Å². The van der Waals surface area contributed by atoms with E-state index in [9.17, 15) is 8.42 Å². The number of aryl methyl sites for hydroxylation is 2. The summed E-state index contributed by atoms with van der Waals surface area (Å²) in [6, 6.07) is 17.4. The van der Waals surface area contributed by atoms with Crippen LogP contribution in [0.15, 0.2) is 70.0 Å². The lowest BCUT2D eigenvalue weighted by Gasteiger charge is -2.17. The highest BCUT2D eigenvalue weighted by Crippen LogP contribution is 2.29. The van der Waals surface area contributed by atoms with E-state index >= 15 is 0 Å². The Morgan fingerprint density at radius 3 is 2.23 bits per heavy atom. The molecule has 0 spiro atoms. The number of anilines is 3. The van der Waals surface area contributed by atoms with Gasteiger partial charge in [-0.3, -0.25) is 4.72 Å². The van der Waals surface area contributed by atoms with Crippen molar-refractivity contribution in [1.82, 2.24) is 0 Å². The van der Waals surface area contributed by atoms with Crippen LogP contribution in [-0.2, 0) is 10.0 Å². The van der Waals surface area contributed by atoms with E-state index in [0.717, 1.165) is 21.3 Å². The zero-order valence-corrected chi connectivity index (χ0v) is 20.4. The summed E-state index contributed by atoms with van der Waals surface area (Å²) in [6.45, 7) is 3.99. The molecule has 0 radical (unpaired) electrons. The van der Waals surface area contributed by atoms with Gasteiger partial charge in [0.15, 0.2) is 5.11 Å². The van der Waals surface area contributed by atoms with Gasteiger partial charge in [0.2, 0.25) is 0 Å². The van der Waals surface area contributed by atoms with E-state index in [1.165, 1.54) is 19.2 Å². The summed E-state index contributed by atoms with van der Waals surface area (Å²) in [5.41, 5.74) is 4.07. The molecule has 0 aliphatic carbocycles. The van der Waals surface area contributed by atoms with Crippen molar-refractivity contribution in [2.24, 2.45) is 0 Å². The van der Waals surface area contributed by atoms with E-state index < -0.39 is 10.0 Å². The predicted molar refractivity (Wildman–Crippen MR) is 134 cm³/mol. The van der Waals surface area contributed by atoms with E-state index in [1.807, 2.05) is 32.0 Å². The highest BCUT2D eigenvalue weighted by Gasteiger charge is 2.17. The number of methoxy groups -OCH3 is 1. The largest absolute Gasteiger partial charge is 0.495 e. The van der Waals surface area contributed by atoms with Crippen molar-refractivity contribution in [3.63, 3.8) is 0 Å². The Hall–Kier alpha value is -2.62. The summed E-state index contributed by atoms with van der Waals surface area (Å²) >= 11 is 8.76. The number of ether oxygens (including phenoxy) is 1. The van der Waals surface area contributed by atoms with Gasteiger partial charge in [0.1, 0.15) is 5.75 Å². The zero-order chi connectivity index (χ0) is 22.6. The molecule has 31 heavy (non-hydrogen) atoms. The van der Waals surface area contributed by atoms with Gasteiger partial charge in [-0.2, -0.15) is 0 Å². The smallest absolute Gasteiger partial charge is 0.262 e. The Kier molecular flexibility index (Phi) is 7.19. The Balaban J connectivity index is 1.79. The quantitative estimate of drug-likeness (QED) is 0.363. The molecular weight excluding hydrogens is 498 g/mol. The minimum Gasteiger partial charge on any atom is -0.495 e. The lowest BCUT2D eigenvalue weighted by atomic mass is 10.1. The molecule has 3 aromatic rings. The molecular formula is C22H22BrN3O3S2. The maximum Gasteiger partial charge on any atom is 0.262 e. The van der Waals surface area contributed by atoms with E-state index in [0.29, 0.717) is 22.2 Å². The Morgan fingerprint density at radius 2 is 1.61 bits per heavy atom. The SMILES string of the molecule is COc1cc(S(=O)(=O)Nc2ccc(Br)cc2)ccc1NC(=S)Nc1c(C)cccc1C. The maximum absolute atomic E-state index is 12.8. The van der Waals surface area contributed by atoms with Gasteiger partial charge in [0.05, 0.1) is 17.7 Å². The lowest BCUT2D eigenvalue weighted by molar-refractivity contribution is 0.415. The molecule has 3 rings (SSSR count). The zero-order valence-electron chi connectivity index (χ0n) is 17.2. The molecule has 0 aliphatic heterocycles. The first kappa shape index (κ1) is 23.1. The average molecular weight is 520 g/mol. The molecule has 0 unspecified atom stereocenters. The Morgan fingerprint density at radius 1 is 0.968 bits per heavy atom. The maximum atomic E-state index is 12.8. The standard InChI is InChI=1S/C22H22BrN3O3S2/c1-14-5-4-6-15(2)21(14)25-22(30)24-19-12-11-18(13-20(19)29-3)31(27,28)26-17-9-7-16(23)8-10-17/h4-13,26H,1-3H3,(H2,24,25,30). The van der Waals surface area contributed by atoms with Gasteiger partial charge >= 0.3 is 0 Å². The van der Waals surface area contributed by atoms with Crippen molar-refractivity contribution >= 4 is 60.3 Å². The molecule has 0 heterocycles. The van der Waals surface area contributed by atoms with Gasteiger partial charge in [0, 0.05) is 21.9 Å². The van der Waals surface area contributed by atoms with Crippen molar-refractivity contribution in [3.8, 4) is 5.75 Å². The van der Waals surface area contributed by atoms with Crippen LogP contribution in [0.2, 0.25) is 0 Å². The number of para-hydroxylation sites is 1. The van der Waals surface area contributed by atoms with Crippen LogP contribution in [0.3, 0.4) is 0 Å². The van der Waals surface area contributed by atoms with Gasteiger partial charge in [0.25, 0.3) is 10.0 Å². The number of thiocarbonyl (C=S) groups is 1. The highest BCUT2D eigenvalue weighted by molar-refractivity contribution is 9.10. The second-order valence-corrected chi connectivity index (χ2v) is 9.83. The van der Waals surface area contributed by atoms with E-state index in [2.05, 4.69) is 31.3 Å². The fourth-order valence-corrected chi connectivity index (χ4v) is 4.50. The predicted octanol–water partition coefficient (Wildman–Crippen LogP) is 5.68. The number of hydrogen-bond acceptors (Lipinski definition) is 4. The summed E-state index contributed by atoms with van der Waals surface area (Å²) < 4.78 is 34.3. The molecule has 0 amide bonds. The van der Waals surface area contributed by atoms with E-state index in [1.54, 1.807) is 30.3 Å². The minimum atomic E-state index is -3.79. The Bertz CT molecular complexity index is 1190. The minimum absolute atomic E-state index is 0.0754. The molecule has 0 saturated heterocycles. The van der Waals surface area contributed by atoms with Crippen LogP contribution in [0.1, 0.15) is 11.1 Å². The molecule has 3 aromatic carbocycles. The van der Waals surface area contributed by atoms with Crippen molar-refractivity contribution in [1.29, 1.82) is 0 Å². The first-order valence-corrected chi connectivity index (χ1v) is 12.0. The summed E-state index contributed by atoms with van der Waals surface area (Å²) in [7, 11) is -2.31. The van der Waals surface area contributed by atoms with Gasteiger partial charge in [-0.05, 0) is 73.6 Å². The topological polar surface area (TPSA) is 79.5 Å². The normalized spacial score (nSPS) is 11.0. The van der Waals surface area contributed by atoms with Gasteiger partial charge in [-0.25, -0.2) is 8.42 Å². The average Bonchev–Trinajstić information content (AvgIpc) is 2.72. The monoisotopic (exact) mass is 519 g/mol. The second kappa shape index (κ2) is 9.67. The summed E-state index contributed by atoms with van der Waals surface area (Å²) in [5.74, 6) is 0.351. The first-order valence-electron chi connectivity index (χ1n) is 9.30. The molecule has 9 heteroatoms. The van der Waals surface area contributed by atoms with Crippen LogP contribution in [0.4, 0.5) is 17.1 Å².